The smallest absolute Gasteiger partial charge is 0.254 e. The van der Waals surface area contributed by atoms with E-state index in [1.807, 2.05) is 4.90 Å². The first-order valence-electron chi connectivity index (χ1n) is 8.58. The van der Waals surface area contributed by atoms with Crippen molar-refractivity contribution in [2.45, 2.75) is 33.1 Å². The summed E-state index contributed by atoms with van der Waals surface area (Å²) in [5.74, 6) is 0.196. The monoisotopic (exact) mass is 309 g/mol. The SMILES string of the molecule is Cc1cc(C)c2nc3c(c(C(=O)N4CCNCC4)c2c1)CCC3. The van der Waals surface area contributed by atoms with Gasteiger partial charge in [-0.2, -0.15) is 0 Å². The largest absolute Gasteiger partial charge is 0.336 e. The van der Waals surface area contributed by atoms with Crippen molar-refractivity contribution in [1.29, 1.82) is 0 Å². The summed E-state index contributed by atoms with van der Waals surface area (Å²) in [4.78, 5) is 20.2. The second-order valence-electron chi connectivity index (χ2n) is 6.79. The van der Waals surface area contributed by atoms with Gasteiger partial charge in [-0.25, -0.2) is 0 Å². The normalized spacial score (nSPS) is 17.6. The zero-order chi connectivity index (χ0) is 16.0. The molecule has 0 spiro atoms. The van der Waals surface area contributed by atoms with Crippen molar-refractivity contribution < 1.29 is 4.79 Å². The standard InChI is InChI=1S/C19H23N3O/c1-12-10-13(2)18-15(11-12)17(14-4-3-5-16(14)21-18)19(23)22-8-6-20-7-9-22/h10-11,20H,3-9H2,1-2H3. The molecule has 2 aliphatic rings. The summed E-state index contributed by atoms with van der Waals surface area (Å²) in [5, 5.41) is 4.37. The van der Waals surface area contributed by atoms with Crippen LogP contribution in [-0.4, -0.2) is 42.0 Å². The quantitative estimate of drug-likeness (QED) is 0.880. The maximum Gasteiger partial charge on any atom is 0.254 e. The van der Waals surface area contributed by atoms with E-state index in [9.17, 15) is 4.79 Å². The molecule has 4 heteroatoms. The van der Waals surface area contributed by atoms with Crippen molar-refractivity contribution in [3.05, 3.63) is 40.1 Å². The summed E-state index contributed by atoms with van der Waals surface area (Å²) < 4.78 is 0. The lowest BCUT2D eigenvalue weighted by molar-refractivity contribution is 0.0736. The molecule has 23 heavy (non-hydrogen) atoms. The number of piperazine rings is 1. The third-order valence-electron chi connectivity index (χ3n) is 5.07. The second-order valence-corrected chi connectivity index (χ2v) is 6.79. The van der Waals surface area contributed by atoms with Crippen LogP contribution in [-0.2, 0) is 12.8 Å². The molecule has 2 aromatic rings. The molecule has 1 amide bonds. The van der Waals surface area contributed by atoms with Crippen LogP contribution in [0.4, 0.5) is 0 Å². The van der Waals surface area contributed by atoms with Crippen molar-refractivity contribution in [1.82, 2.24) is 15.2 Å². The lowest BCUT2D eigenvalue weighted by Gasteiger charge is -2.28. The van der Waals surface area contributed by atoms with Gasteiger partial charge in [-0.15, -0.1) is 0 Å². The Labute approximate surface area is 136 Å². The van der Waals surface area contributed by atoms with Gasteiger partial charge in [0, 0.05) is 37.3 Å². The maximum absolute atomic E-state index is 13.3. The van der Waals surface area contributed by atoms with E-state index in [-0.39, 0.29) is 5.91 Å². The third kappa shape index (κ3) is 2.41. The zero-order valence-electron chi connectivity index (χ0n) is 13.9. The molecule has 0 saturated carbocycles. The molecule has 1 saturated heterocycles. The predicted octanol–water partition coefficient (Wildman–Crippen LogP) is 2.39. The molecule has 0 atom stereocenters. The first-order chi connectivity index (χ1) is 11.1. The van der Waals surface area contributed by atoms with E-state index in [2.05, 4.69) is 31.3 Å². The number of aromatic nitrogens is 1. The van der Waals surface area contributed by atoms with Gasteiger partial charge in [0.25, 0.3) is 5.91 Å². The molecular formula is C19H23N3O. The van der Waals surface area contributed by atoms with E-state index in [0.29, 0.717) is 0 Å². The fourth-order valence-corrected chi connectivity index (χ4v) is 3.99. The second kappa shape index (κ2) is 5.60. The highest BCUT2D eigenvalue weighted by atomic mass is 16.2. The summed E-state index contributed by atoms with van der Waals surface area (Å²) >= 11 is 0. The predicted molar refractivity (Wildman–Crippen MR) is 92.0 cm³/mol. The number of hydrogen-bond acceptors (Lipinski definition) is 3. The summed E-state index contributed by atoms with van der Waals surface area (Å²) in [6, 6.07) is 4.30. The maximum atomic E-state index is 13.3. The van der Waals surface area contributed by atoms with Gasteiger partial charge in [-0.05, 0) is 50.3 Å². The van der Waals surface area contributed by atoms with Crippen molar-refractivity contribution >= 4 is 16.8 Å². The Morgan fingerprint density at radius 1 is 1.17 bits per heavy atom. The van der Waals surface area contributed by atoms with Crippen molar-refractivity contribution in [3.63, 3.8) is 0 Å². The number of nitrogens with one attached hydrogen (secondary N) is 1. The molecule has 0 bridgehead atoms. The Morgan fingerprint density at radius 3 is 2.74 bits per heavy atom. The van der Waals surface area contributed by atoms with Gasteiger partial charge >= 0.3 is 0 Å². The molecule has 120 valence electrons. The van der Waals surface area contributed by atoms with Crippen LogP contribution in [0.15, 0.2) is 12.1 Å². The Kier molecular flexibility index (Phi) is 3.57. The average Bonchev–Trinajstić information content (AvgIpc) is 3.01. The summed E-state index contributed by atoms with van der Waals surface area (Å²) in [5.41, 5.74) is 6.65. The highest BCUT2D eigenvalue weighted by molar-refractivity contribution is 6.08. The van der Waals surface area contributed by atoms with E-state index in [1.54, 1.807) is 0 Å². The van der Waals surface area contributed by atoms with Crippen molar-refractivity contribution in [2.75, 3.05) is 26.2 Å². The number of pyridine rings is 1. The van der Waals surface area contributed by atoms with Gasteiger partial charge in [-0.3, -0.25) is 9.78 Å². The lowest BCUT2D eigenvalue weighted by Crippen LogP contribution is -2.46. The number of carbonyl (C=O) groups is 1. The van der Waals surface area contributed by atoms with E-state index < -0.39 is 0 Å². The number of aryl methyl sites for hydroxylation is 3. The van der Waals surface area contributed by atoms with Crippen molar-refractivity contribution in [2.24, 2.45) is 0 Å². The minimum Gasteiger partial charge on any atom is -0.336 e. The summed E-state index contributed by atoms with van der Waals surface area (Å²) in [6.45, 7) is 7.55. The number of fused-ring (bicyclic) bond motifs is 2. The van der Waals surface area contributed by atoms with Crippen LogP contribution in [0.25, 0.3) is 10.9 Å². The fourth-order valence-electron chi connectivity index (χ4n) is 3.99. The van der Waals surface area contributed by atoms with Crippen LogP contribution in [0.3, 0.4) is 0 Å². The lowest BCUT2D eigenvalue weighted by atomic mass is 9.96. The minimum atomic E-state index is 0.196. The number of amides is 1. The molecule has 1 N–H and O–H groups in total. The molecule has 0 radical (unpaired) electrons. The molecule has 1 aliphatic carbocycles. The molecule has 4 nitrogen and oxygen atoms in total. The van der Waals surface area contributed by atoms with Crippen LogP contribution in [0, 0.1) is 13.8 Å². The van der Waals surface area contributed by atoms with Crippen LogP contribution in [0.5, 0.6) is 0 Å². The van der Waals surface area contributed by atoms with Gasteiger partial charge in [0.1, 0.15) is 0 Å². The first kappa shape index (κ1) is 14.6. The number of nitrogens with zero attached hydrogens (tertiary/aromatic N) is 2. The minimum absolute atomic E-state index is 0.196. The first-order valence-corrected chi connectivity index (χ1v) is 8.58. The molecule has 1 aromatic carbocycles. The fraction of sp³-hybridized carbons (Fsp3) is 0.474. The number of hydrogen-bond donors (Lipinski definition) is 1. The van der Waals surface area contributed by atoms with Gasteiger partial charge in [0.05, 0.1) is 11.1 Å². The van der Waals surface area contributed by atoms with E-state index >= 15 is 0 Å². The molecule has 4 rings (SSSR count). The highest BCUT2D eigenvalue weighted by Crippen LogP contribution is 2.32. The van der Waals surface area contributed by atoms with E-state index in [0.717, 1.165) is 67.6 Å². The topological polar surface area (TPSA) is 45.2 Å². The summed E-state index contributed by atoms with van der Waals surface area (Å²) in [6.07, 6.45) is 3.09. The average molecular weight is 309 g/mol. The van der Waals surface area contributed by atoms with E-state index in [1.165, 1.54) is 16.7 Å². The zero-order valence-corrected chi connectivity index (χ0v) is 13.9. The molecule has 1 aromatic heterocycles. The Morgan fingerprint density at radius 2 is 1.96 bits per heavy atom. The van der Waals surface area contributed by atoms with Gasteiger partial charge in [0.15, 0.2) is 0 Å². The molecule has 2 heterocycles. The van der Waals surface area contributed by atoms with Gasteiger partial charge in [-0.1, -0.05) is 11.6 Å². The third-order valence-corrected chi connectivity index (χ3v) is 5.07. The Bertz CT molecular complexity index is 791. The highest BCUT2D eigenvalue weighted by Gasteiger charge is 2.28. The molecule has 0 unspecified atom stereocenters. The van der Waals surface area contributed by atoms with Crippen molar-refractivity contribution in [3.8, 4) is 0 Å². The number of carbonyl (C=O) groups excluding carboxylic acids is 1. The van der Waals surface area contributed by atoms with Gasteiger partial charge in [0.2, 0.25) is 0 Å². The van der Waals surface area contributed by atoms with E-state index in [4.69, 9.17) is 4.98 Å². The Hall–Kier alpha value is -1.94. The summed E-state index contributed by atoms with van der Waals surface area (Å²) in [7, 11) is 0. The van der Waals surface area contributed by atoms with Crippen LogP contribution >= 0.6 is 0 Å². The van der Waals surface area contributed by atoms with Crippen LogP contribution in [0.2, 0.25) is 0 Å². The number of rotatable bonds is 1. The van der Waals surface area contributed by atoms with Crippen LogP contribution < -0.4 is 5.32 Å². The van der Waals surface area contributed by atoms with Gasteiger partial charge < -0.3 is 10.2 Å². The molecule has 1 fully saturated rings. The number of benzene rings is 1. The Balaban J connectivity index is 1.94. The van der Waals surface area contributed by atoms with Crippen LogP contribution in [0.1, 0.15) is 39.2 Å². The molecular weight excluding hydrogens is 286 g/mol. The molecule has 1 aliphatic heterocycles.